The molecule has 1 atom stereocenters. The quantitative estimate of drug-likeness (QED) is 0.867. The number of nitriles is 1. The molecule has 1 aromatic carbocycles. The summed E-state index contributed by atoms with van der Waals surface area (Å²) in [6, 6.07) is 12.4. The van der Waals surface area contributed by atoms with Gasteiger partial charge in [0.05, 0.1) is 11.7 Å². The lowest BCUT2D eigenvalue weighted by atomic mass is 10.1. The minimum absolute atomic E-state index is 0.161. The van der Waals surface area contributed by atoms with Crippen molar-refractivity contribution in [3.8, 4) is 11.8 Å². The van der Waals surface area contributed by atoms with E-state index in [0.29, 0.717) is 0 Å². The molecule has 2 aromatic rings. The topological polar surface area (TPSA) is 45.0 Å². The Morgan fingerprint density at radius 2 is 2.05 bits per heavy atom. The molecule has 0 bridgehead atoms. The van der Waals surface area contributed by atoms with Crippen molar-refractivity contribution in [2.75, 3.05) is 0 Å². The van der Waals surface area contributed by atoms with E-state index in [9.17, 15) is 0 Å². The number of nitrogens with zero attached hydrogens (tertiary/aromatic N) is 1. The number of nitrogens with one attached hydrogen (secondary N) is 1. The molecule has 0 aliphatic heterocycles. The Bertz CT molecular complexity index is 628. The number of ether oxygens (including phenoxy) is 1. The fourth-order valence-electron chi connectivity index (χ4n) is 2.10. The highest BCUT2D eigenvalue weighted by Gasteiger charge is 2.12. The Labute approximate surface area is 130 Å². The van der Waals surface area contributed by atoms with E-state index >= 15 is 0 Å². The van der Waals surface area contributed by atoms with E-state index in [2.05, 4.69) is 24.4 Å². The normalized spacial score (nSPS) is 12.1. The van der Waals surface area contributed by atoms with Gasteiger partial charge in [0.25, 0.3) is 0 Å². The summed E-state index contributed by atoms with van der Waals surface area (Å²) in [5.41, 5.74) is 1.89. The Morgan fingerprint density at radius 3 is 2.71 bits per heavy atom. The Morgan fingerprint density at radius 1 is 1.29 bits per heavy atom. The molecule has 0 aliphatic rings. The Hall–Kier alpha value is -1.83. The molecule has 1 N–H and O–H groups in total. The summed E-state index contributed by atoms with van der Waals surface area (Å²) in [4.78, 5) is 1.17. The third-order valence-corrected chi connectivity index (χ3v) is 4.05. The summed E-state index contributed by atoms with van der Waals surface area (Å²) in [6.45, 7) is 6.94. The maximum absolute atomic E-state index is 8.85. The zero-order chi connectivity index (χ0) is 15.2. The zero-order valence-corrected chi connectivity index (χ0v) is 13.4. The third-order valence-electron chi connectivity index (χ3n) is 3.11. The molecule has 0 fully saturated rings. The molecule has 0 radical (unpaired) electrons. The standard InChI is InChI=1S/C17H20N2OS/c1-12(2)20-17-7-5-4-6-16(17)13(3)19-10-15-8-14(9-18)11-21-15/h4-8,11-13,19H,10H2,1-3H3. The summed E-state index contributed by atoms with van der Waals surface area (Å²) >= 11 is 1.61. The summed E-state index contributed by atoms with van der Waals surface area (Å²) in [5.74, 6) is 0.927. The van der Waals surface area contributed by atoms with Gasteiger partial charge in [0.2, 0.25) is 0 Å². The van der Waals surface area contributed by atoms with Crippen LogP contribution in [0.2, 0.25) is 0 Å². The molecule has 3 nitrogen and oxygen atoms in total. The second-order valence-electron chi connectivity index (χ2n) is 5.22. The number of benzene rings is 1. The first-order valence-electron chi connectivity index (χ1n) is 7.06. The van der Waals surface area contributed by atoms with Gasteiger partial charge in [-0.05, 0) is 32.9 Å². The fourth-order valence-corrected chi connectivity index (χ4v) is 2.86. The van der Waals surface area contributed by atoms with Crippen LogP contribution < -0.4 is 10.1 Å². The molecule has 0 saturated heterocycles. The van der Waals surface area contributed by atoms with Crippen LogP contribution in [0.15, 0.2) is 35.7 Å². The molecule has 2 rings (SSSR count). The molecule has 1 aromatic heterocycles. The number of hydrogen-bond donors (Lipinski definition) is 1. The van der Waals surface area contributed by atoms with Crippen molar-refractivity contribution in [1.82, 2.24) is 5.32 Å². The van der Waals surface area contributed by atoms with Crippen LogP contribution in [-0.4, -0.2) is 6.10 Å². The highest BCUT2D eigenvalue weighted by atomic mass is 32.1. The third kappa shape index (κ3) is 4.32. The van der Waals surface area contributed by atoms with E-state index in [1.807, 2.05) is 43.5 Å². The lowest BCUT2D eigenvalue weighted by Gasteiger charge is -2.19. The predicted molar refractivity (Wildman–Crippen MR) is 86.5 cm³/mol. The van der Waals surface area contributed by atoms with E-state index < -0.39 is 0 Å². The van der Waals surface area contributed by atoms with Gasteiger partial charge in [0, 0.05) is 28.4 Å². The van der Waals surface area contributed by atoms with Crippen LogP contribution in [0.1, 0.15) is 42.8 Å². The molecule has 21 heavy (non-hydrogen) atoms. The van der Waals surface area contributed by atoms with Gasteiger partial charge in [-0.1, -0.05) is 18.2 Å². The minimum Gasteiger partial charge on any atom is -0.491 e. The molecule has 1 heterocycles. The summed E-state index contributed by atoms with van der Waals surface area (Å²) in [6.07, 6.45) is 0.161. The van der Waals surface area contributed by atoms with Gasteiger partial charge in [-0.25, -0.2) is 0 Å². The SMILES string of the molecule is CC(C)Oc1ccccc1C(C)NCc1cc(C#N)cs1. The maximum atomic E-state index is 8.85. The molecule has 110 valence electrons. The lowest BCUT2D eigenvalue weighted by Crippen LogP contribution is -2.19. The van der Waals surface area contributed by atoms with Crippen LogP contribution in [-0.2, 0) is 6.54 Å². The molecular formula is C17H20N2OS. The summed E-state index contributed by atoms with van der Waals surface area (Å²) in [7, 11) is 0. The second-order valence-corrected chi connectivity index (χ2v) is 6.22. The van der Waals surface area contributed by atoms with Crippen molar-refractivity contribution in [2.24, 2.45) is 0 Å². The van der Waals surface area contributed by atoms with E-state index in [0.717, 1.165) is 23.4 Å². The number of para-hydroxylation sites is 1. The van der Waals surface area contributed by atoms with Gasteiger partial charge < -0.3 is 10.1 Å². The van der Waals surface area contributed by atoms with Crippen molar-refractivity contribution in [2.45, 2.75) is 39.5 Å². The molecule has 0 spiro atoms. The van der Waals surface area contributed by atoms with Gasteiger partial charge in [-0.3, -0.25) is 0 Å². The van der Waals surface area contributed by atoms with Gasteiger partial charge in [-0.2, -0.15) is 5.26 Å². The molecule has 1 unspecified atom stereocenters. The van der Waals surface area contributed by atoms with Crippen LogP contribution in [0.25, 0.3) is 0 Å². The van der Waals surface area contributed by atoms with Crippen LogP contribution >= 0.6 is 11.3 Å². The minimum atomic E-state index is 0.161. The first-order chi connectivity index (χ1) is 10.1. The van der Waals surface area contributed by atoms with Crippen molar-refractivity contribution >= 4 is 11.3 Å². The molecule has 0 amide bonds. The van der Waals surface area contributed by atoms with Gasteiger partial charge in [-0.15, -0.1) is 11.3 Å². The predicted octanol–water partition coefficient (Wildman–Crippen LogP) is 4.26. The average Bonchev–Trinajstić information content (AvgIpc) is 2.93. The highest BCUT2D eigenvalue weighted by molar-refractivity contribution is 7.10. The van der Waals surface area contributed by atoms with Crippen LogP contribution in [0, 0.1) is 11.3 Å². The van der Waals surface area contributed by atoms with Crippen LogP contribution in [0.5, 0.6) is 5.75 Å². The largest absolute Gasteiger partial charge is 0.491 e. The zero-order valence-electron chi connectivity index (χ0n) is 12.6. The molecular weight excluding hydrogens is 280 g/mol. The molecule has 0 saturated carbocycles. The number of thiophene rings is 1. The van der Waals surface area contributed by atoms with E-state index in [4.69, 9.17) is 10.00 Å². The van der Waals surface area contributed by atoms with Crippen molar-refractivity contribution < 1.29 is 4.74 Å². The van der Waals surface area contributed by atoms with Gasteiger partial charge >= 0.3 is 0 Å². The first-order valence-corrected chi connectivity index (χ1v) is 7.94. The first kappa shape index (κ1) is 15.6. The van der Waals surface area contributed by atoms with Gasteiger partial charge in [0.1, 0.15) is 11.8 Å². The number of hydrogen-bond acceptors (Lipinski definition) is 4. The monoisotopic (exact) mass is 300 g/mol. The second kappa shape index (κ2) is 7.26. The lowest BCUT2D eigenvalue weighted by molar-refractivity contribution is 0.238. The fraction of sp³-hybridized carbons (Fsp3) is 0.353. The van der Waals surface area contributed by atoms with E-state index in [1.165, 1.54) is 4.88 Å². The van der Waals surface area contributed by atoms with Crippen molar-refractivity contribution in [3.05, 3.63) is 51.7 Å². The van der Waals surface area contributed by atoms with Crippen molar-refractivity contribution in [1.29, 1.82) is 5.26 Å². The van der Waals surface area contributed by atoms with Crippen LogP contribution in [0.4, 0.5) is 0 Å². The van der Waals surface area contributed by atoms with Crippen LogP contribution in [0.3, 0.4) is 0 Å². The van der Waals surface area contributed by atoms with E-state index in [-0.39, 0.29) is 12.1 Å². The smallest absolute Gasteiger partial charge is 0.124 e. The highest BCUT2D eigenvalue weighted by Crippen LogP contribution is 2.26. The number of rotatable bonds is 6. The van der Waals surface area contributed by atoms with Gasteiger partial charge in [0.15, 0.2) is 0 Å². The molecule has 4 heteroatoms. The molecule has 0 aliphatic carbocycles. The summed E-state index contributed by atoms with van der Waals surface area (Å²) < 4.78 is 5.86. The van der Waals surface area contributed by atoms with Crippen molar-refractivity contribution in [3.63, 3.8) is 0 Å². The summed E-state index contributed by atoms with van der Waals surface area (Å²) in [5, 5.41) is 14.2. The Balaban J connectivity index is 2.03. The average molecular weight is 300 g/mol. The Kier molecular flexibility index (Phi) is 5.38. The van der Waals surface area contributed by atoms with E-state index in [1.54, 1.807) is 11.3 Å². The maximum Gasteiger partial charge on any atom is 0.124 e.